The van der Waals surface area contributed by atoms with E-state index in [1.165, 1.54) is 64.2 Å². The molecule has 2 unspecified atom stereocenters. The summed E-state index contributed by atoms with van der Waals surface area (Å²) in [6.45, 7) is 26.3. The summed E-state index contributed by atoms with van der Waals surface area (Å²) >= 11 is 0. The molecule has 11 heteroatoms. The average Bonchev–Trinajstić information content (AvgIpc) is 3.08. The second-order valence-electron chi connectivity index (χ2n) is 25.3. The zero-order valence-electron chi connectivity index (χ0n) is 43.1. The van der Waals surface area contributed by atoms with Crippen molar-refractivity contribution >= 4 is 23.9 Å². The van der Waals surface area contributed by atoms with Gasteiger partial charge in [-0.2, -0.15) is 0 Å². The third-order valence-electron chi connectivity index (χ3n) is 15.9. The first kappa shape index (κ1) is 56.1. The molecule has 2 atom stereocenters. The van der Waals surface area contributed by atoms with E-state index in [1.807, 2.05) is 83.1 Å². The lowest BCUT2D eigenvalue weighted by atomic mass is 9.34. The molecule has 3 aliphatic heterocycles. The van der Waals surface area contributed by atoms with Crippen LogP contribution < -0.4 is 16.0 Å². The molecule has 3 aliphatic rings. The second kappa shape index (κ2) is 21.8. The first-order valence-corrected chi connectivity index (χ1v) is 25.7. The summed E-state index contributed by atoms with van der Waals surface area (Å²) in [7, 11) is 0. The standard InChI is InChI=1S/C53H97N3O8/c1-14-15-16-17-18-19-20-21-22-23-24-25-26-27-28-29-30-51(42(59)60,37-41(57)58)53(44(63)64,40-35-49(10,11)56-50(12,13)36-40)52(43(61)62,38-31-45(2,3)54-46(4,5)32-38)39-33-47(6,7)55-48(8,9)34-39/h38-40,54-56H,14-37H2,1-13H3,(H,57,58)(H,59,60)(H,61,62)(H,63,64). The fourth-order valence-electron chi connectivity index (χ4n) is 15.1. The largest absolute Gasteiger partial charge is 0.481 e. The summed E-state index contributed by atoms with van der Waals surface area (Å²) in [5, 5.41) is 59.4. The Balaban J connectivity index is 2.24. The molecule has 0 bridgehead atoms. The molecule has 3 saturated heterocycles. The fourth-order valence-corrected chi connectivity index (χ4v) is 15.1. The molecule has 372 valence electrons. The Labute approximate surface area is 389 Å². The minimum absolute atomic E-state index is 0.168. The monoisotopic (exact) mass is 904 g/mol. The zero-order chi connectivity index (χ0) is 48.6. The van der Waals surface area contributed by atoms with Gasteiger partial charge in [0.2, 0.25) is 0 Å². The number of nitrogens with one attached hydrogen (secondary N) is 3. The molecule has 0 aliphatic carbocycles. The van der Waals surface area contributed by atoms with Crippen LogP contribution in [0.15, 0.2) is 0 Å². The van der Waals surface area contributed by atoms with Crippen LogP contribution in [0.4, 0.5) is 0 Å². The molecule has 7 N–H and O–H groups in total. The number of carboxylic acids is 4. The normalized spacial score (nSPS) is 24.0. The average molecular weight is 904 g/mol. The molecule has 3 fully saturated rings. The quantitative estimate of drug-likeness (QED) is 0.0389. The van der Waals surface area contributed by atoms with Crippen molar-refractivity contribution in [1.82, 2.24) is 16.0 Å². The summed E-state index contributed by atoms with van der Waals surface area (Å²) in [4.78, 5) is 59.4. The molecule has 0 aromatic carbocycles. The molecule has 0 spiro atoms. The molecule has 11 nitrogen and oxygen atoms in total. The minimum atomic E-state index is -2.55. The predicted molar refractivity (Wildman–Crippen MR) is 259 cm³/mol. The molecule has 0 aromatic rings. The Morgan fingerprint density at radius 3 is 0.953 bits per heavy atom. The molecule has 64 heavy (non-hydrogen) atoms. The number of hydrogen-bond acceptors (Lipinski definition) is 7. The van der Waals surface area contributed by atoms with E-state index < -0.39 is 97.5 Å². The smallest absolute Gasteiger partial charge is 0.312 e. The van der Waals surface area contributed by atoms with Gasteiger partial charge in [0.05, 0.1) is 17.3 Å². The molecular weight excluding hydrogens is 807 g/mol. The second-order valence-corrected chi connectivity index (χ2v) is 25.3. The van der Waals surface area contributed by atoms with E-state index in [4.69, 9.17) is 0 Å². The van der Waals surface area contributed by atoms with Crippen molar-refractivity contribution in [2.75, 3.05) is 0 Å². The SMILES string of the molecule is CCCCCCCCCCCCCCCCCCC(CC(=O)O)(C(=O)O)C(C(=O)O)(C1CC(C)(C)NC(C)(C)C1)C(C(=O)O)(C1CC(C)(C)NC(C)(C)C1)C1CC(C)(C)NC(C)(C)C1. The number of rotatable bonds is 27. The lowest BCUT2D eigenvalue weighted by Crippen LogP contribution is -2.77. The summed E-state index contributed by atoms with van der Waals surface area (Å²) in [5.74, 6) is -8.39. The van der Waals surface area contributed by atoms with Gasteiger partial charge in [-0.1, -0.05) is 110 Å². The lowest BCUT2D eigenvalue weighted by Gasteiger charge is -2.68. The molecule has 0 amide bonds. The third kappa shape index (κ3) is 13.5. The maximum atomic E-state index is 15.6. The Bertz CT molecular complexity index is 1480. The van der Waals surface area contributed by atoms with Crippen molar-refractivity contribution < 1.29 is 39.6 Å². The van der Waals surface area contributed by atoms with Gasteiger partial charge in [-0.15, -0.1) is 0 Å². The maximum Gasteiger partial charge on any atom is 0.312 e. The number of unbranched alkanes of at least 4 members (excludes halogenated alkanes) is 15. The minimum Gasteiger partial charge on any atom is -0.481 e. The van der Waals surface area contributed by atoms with Crippen molar-refractivity contribution in [2.24, 2.45) is 34.0 Å². The fraction of sp³-hybridized carbons (Fsp3) is 0.925. The van der Waals surface area contributed by atoms with E-state index in [9.17, 15) is 30.0 Å². The molecule has 0 radical (unpaired) electrons. The van der Waals surface area contributed by atoms with Gasteiger partial charge in [0.15, 0.2) is 0 Å². The molecular formula is C53H97N3O8. The van der Waals surface area contributed by atoms with Gasteiger partial charge in [-0.05, 0) is 146 Å². The molecule has 3 rings (SSSR count). The Morgan fingerprint density at radius 1 is 0.422 bits per heavy atom. The van der Waals surface area contributed by atoms with Crippen LogP contribution in [-0.4, -0.2) is 77.5 Å². The van der Waals surface area contributed by atoms with Crippen molar-refractivity contribution in [3.05, 3.63) is 0 Å². The zero-order valence-corrected chi connectivity index (χ0v) is 43.1. The number of carbonyl (C=O) groups is 4. The summed E-state index contributed by atoms with van der Waals surface area (Å²) < 4.78 is 0. The van der Waals surface area contributed by atoms with Crippen LogP contribution in [0.25, 0.3) is 0 Å². The maximum absolute atomic E-state index is 15.6. The highest BCUT2D eigenvalue weighted by atomic mass is 16.4. The van der Waals surface area contributed by atoms with Gasteiger partial charge in [-0.25, -0.2) is 0 Å². The van der Waals surface area contributed by atoms with Crippen LogP contribution in [0.5, 0.6) is 0 Å². The van der Waals surface area contributed by atoms with Crippen LogP contribution >= 0.6 is 0 Å². The molecule has 3 heterocycles. The van der Waals surface area contributed by atoms with Gasteiger partial charge in [0.1, 0.15) is 5.41 Å². The van der Waals surface area contributed by atoms with Crippen LogP contribution in [0.3, 0.4) is 0 Å². The van der Waals surface area contributed by atoms with Crippen molar-refractivity contribution in [1.29, 1.82) is 0 Å². The van der Waals surface area contributed by atoms with Gasteiger partial charge < -0.3 is 36.4 Å². The van der Waals surface area contributed by atoms with Crippen molar-refractivity contribution in [2.45, 2.75) is 277 Å². The first-order chi connectivity index (χ1) is 29.4. The van der Waals surface area contributed by atoms with Gasteiger partial charge in [-0.3, -0.25) is 19.2 Å². The van der Waals surface area contributed by atoms with Crippen LogP contribution in [0.1, 0.15) is 244 Å². The van der Waals surface area contributed by atoms with Gasteiger partial charge >= 0.3 is 23.9 Å². The highest BCUT2D eigenvalue weighted by Crippen LogP contribution is 2.72. The summed E-state index contributed by atoms with van der Waals surface area (Å²) in [5.41, 5.74) is -11.2. The number of carboxylic acid groups (broad SMARTS) is 4. The Hall–Kier alpha value is -2.24. The predicted octanol–water partition coefficient (Wildman–Crippen LogP) is 12.0. The van der Waals surface area contributed by atoms with E-state index in [0.717, 1.165) is 25.7 Å². The third-order valence-corrected chi connectivity index (χ3v) is 15.9. The summed E-state index contributed by atoms with van der Waals surface area (Å²) in [6, 6.07) is 0. The van der Waals surface area contributed by atoms with Crippen LogP contribution in [0.2, 0.25) is 0 Å². The van der Waals surface area contributed by atoms with E-state index in [-0.39, 0.29) is 51.4 Å². The van der Waals surface area contributed by atoms with E-state index in [0.29, 0.717) is 6.42 Å². The lowest BCUT2D eigenvalue weighted by molar-refractivity contribution is -0.246. The first-order valence-electron chi connectivity index (χ1n) is 25.7. The Morgan fingerprint density at radius 2 is 0.703 bits per heavy atom. The highest BCUT2D eigenvalue weighted by Gasteiger charge is 2.81. The highest BCUT2D eigenvalue weighted by molar-refractivity contribution is 5.96. The van der Waals surface area contributed by atoms with Gasteiger partial charge in [0, 0.05) is 33.2 Å². The Kier molecular flexibility index (Phi) is 19.1. The molecule has 0 saturated carbocycles. The van der Waals surface area contributed by atoms with E-state index in [1.54, 1.807) is 0 Å². The topological polar surface area (TPSA) is 185 Å². The number of aliphatic carboxylic acids is 4. The van der Waals surface area contributed by atoms with E-state index in [2.05, 4.69) is 22.9 Å². The molecule has 0 aromatic heterocycles. The van der Waals surface area contributed by atoms with Crippen LogP contribution in [-0.2, 0) is 19.2 Å². The number of hydrogen-bond donors (Lipinski definition) is 7. The van der Waals surface area contributed by atoms with E-state index >= 15 is 9.59 Å². The van der Waals surface area contributed by atoms with Gasteiger partial charge in [0.25, 0.3) is 0 Å². The van der Waals surface area contributed by atoms with Crippen molar-refractivity contribution in [3.63, 3.8) is 0 Å². The number of piperidine rings is 3. The van der Waals surface area contributed by atoms with Crippen molar-refractivity contribution in [3.8, 4) is 0 Å². The van der Waals surface area contributed by atoms with Crippen LogP contribution in [0, 0.1) is 34.0 Å². The summed E-state index contributed by atoms with van der Waals surface area (Å²) in [6.07, 6.45) is 18.0.